The highest BCUT2D eigenvalue weighted by Crippen LogP contribution is 2.40. The fourth-order valence-electron chi connectivity index (χ4n) is 3.39. The summed E-state index contributed by atoms with van der Waals surface area (Å²) < 4.78 is 16.3. The number of aliphatic hydroxyl groups excluding tert-OH is 1. The first kappa shape index (κ1) is 20.7. The highest BCUT2D eigenvalue weighted by molar-refractivity contribution is 6.46. The Morgan fingerprint density at radius 1 is 1.21 bits per heavy atom. The SMILES string of the molecule is COc1ccccc1/C(O)=C1/C(=O)C(=O)N(CCCOC(C)C)C1c1ccco1. The van der Waals surface area contributed by atoms with Crippen molar-refractivity contribution in [1.82, 2.24) is 4.90 Å². The van der Waals surface area contributed by atoms with Crippen molar-refractivity contribution >= 4 is 17.4 Å². The number of hydrogen-bond acceptors (Lipinski definition) is 6. The summed E-state index contributed by atoms with van der Waals surface area (Å²) in [6.07, 6.45) is 2.11. The number of benzene rings is 1. The van der Waals surface area contributed by atoms with E-state index in [1.54, 1.807) is 36.4 Å². The van der Waals surface area contributed by atoms with E-state index < -0.39 is 17.7 Å². The first-order chi connectivity index (χ1) is 14.0. The van der Waals surface area contributed by atoms with Crippen molar-refractivity contribution in [2.45, 2.75) is 32.4 Å². The Hall–Kier alpha value is -3.06. The zero-order valence-corrected chi connectivity index (χ0v) is 16.8. The van der Waals surface area contributed by atoms with Gasteiger partial charge in [-0.05, 0) is 44.5 Å². The lowest BCUT2D eigenvalue weighted by Crippen LogP contribution is -2.31. The fraction of sp³-hybridized carbons (Fsp3) is 0.364. The van der Waals surface area contributed by atoms with E-state index in [1.165, 1.54) is 18.3 Å². The number of carbonyl (C=O) groups excluding carboxylic acids is 2. The second kappa shape index (κ2) is 8.96. The number of para-hydroxylation sites is 1. The summed E-state index contributed by atoms with van der Waals surface area (Å²) in [5, 5.41) is 11.0. The van der Waals surface area contributed by atoms with Crippen molar-refractivity contribution in [1.29, 1.82) is 0 Å². The monoisotopic (exact) mass is 399 g/mol. The summed E-state index contributed by atoms with van der Waals surface area (Å²) in [4.78, 5) is 27.0. The molecule has 0 spiro atoms. The van der Waals surface area contributed by atoms with Crippen LogP contribution in [0.1, 0.15) is 37.6 Å². The Bertz CT molecular complexity index is 900. The summed E-state index contributed by atoms with van der Waals surface area (Å²) in [5.74, 6) is -0.903. The quantitative estimate of drug-likeness (QED) is 0.316. The number of Topliss-reactive ketones (excluding diaryl/α,β-unsaturated/α-hetero) is 1. The van der Waals surface area contributed by atoms with Gasteiger partial charge in [-0.1, -0.05) is 12.1 Å². The van der Waals surface area contributed by atoms with Crippen LogP contribution in [0.15, 0.2) is 52.7 Å². The molecular weight excluding hydrogens is 374 g/mol. The summed E-state index contributed by atoms with van der Waals surface area (Å²) in [5.41, 5.74) is 0.326. The second-order valence-corrected chi connectivity index (χ2v) is 6.98. The van der Waals surface area contributed by atoms with Gasteiger partial charge in [-0.3, -0.25) is 9.59 Å². The van der Waals surface area contributed by atoms with Gasteiger partial charge in [0.1, 0.15) is 23.3 Å². The van der Waals surface area contributed by atoms with E-state index in [1.807, 2.05) is 13.8 Å². The lowest BCUT2D eigenvalue weighted by atomic mass is 9.99. The predicted molar refractivity (Wildman–Crippen MR) is 106 cm³/mol. The molecule has 3 rings (SSSR count). The zero-order valence-electron chi connectivity index (χ0n) is 16.8. The van der Waals surface area contributed by atoms with Gasteiger partial charge in [-0.15, -0.1) is 0 Å². The van der Waals surface area contributed by atoms with Gasteiger partial charge in [0.2, 0.25) is 0 Å². The molecule has 0 radical (unpaired) electrons. The molecule has 1 saturated heterocycles. The summed E-state index contributed by atoms with van der Waals surface area (Å²) in [6.45, 7) is 4.62. The molecule has 0 bridgehead atoms. The number of ether oxygens (including phenoxy) is 2. The number of methoxy groups -OCH3 is 1. The number of amides is 1. The van der Waals surface area contributed by atoms with Crippen LogP contribution in [0.5, 0.6) is 5.75 Å². The van der Waals surface area contributed by atoms with E-state index in [0.717, 1.165) is 0 Å². The molecule has 29 heavy (non-hydrogen) atoms. The van der Waals surface area contributed by atoms with Gasteiger partial charge in [0.25, 0.3) is 11.7 Å². The number of likely N-dealkylation sites (tertiary alicyclic amines) is 1. The molecule has 1 aliphatic heterocycles. The molecule has 1 aromatic carbocycles. The van der Waals surface area contributed by atoms with E-state index in [4.69, 9.17) is 13.9 Å². The minimum Gasteiger partial charge on any atom is -0.507 e. The van der Waals surface area contributed by atoms with Crippen LogP contribution in [-0.4, -0.2) is 48.1 Å². The number of carbonyl (C=O) groups is 2. The van der Waals surface area contributed by atoms with Crippen molar-refractivity contribution in [2.24, 2.45) is 0 Å². The zero-order chi connectivity index (χ0) is 21.0. The third kappa shape index (κ3) is 4.19. The maximum atomic E-state index is 12.9. The van der Waals surface area contributed by atoms with Crippen LogP contribution >= 0.6 is 0 Å². The van der Waals surface area contributed by atoms with Gasteiger partial charge < -0.3 is 23.9 Å². The number of rotatable bonds is 8. The minimum absolute atomic E-state index is 0.0146. The maximum absolute atomic E-state index is 12.9. The molecule has 1 aromatic heterocycles. The number of aliphatic hydroxyl groups is 1. The Morgan fingerprint density at radius 3 is 2.62 bits per heavy atom. The Morgan fingerprint density at radius 2 is 1.97 bits per heavy atom. The average Bonchev–Trinajstić information content (AvgIpc) is 3.32. The van der Waals surface area contributed by atoms with E-state index in [0.29, 0.717) is 36.6 Å². The van der Waals surface area contributed by atoms with Gasteiger partial charge in [0, 0.05) is 13.2 Å². The highest BCUT2D eigenvalue weighted by atomic mass is 16.5. The van der Waals surface area contributed by atoms with Crippen LogP contribution in [0.3, 0.4) is 0 Å². The van der Waals surface area contributed by atoms with Crippen LogP contribution < -0.4 is 4.74 Å². The molecular formula is C22H25NO6. The standard InChI is InChI=1S/C22H25NO6/c1-14(2)28-13-7-11-23-19(17-10-6-12-29-17)18(21(25)22(23)26)20(24)15-8-4-5-9-16(15)27-3/h4-6,8-10,12,14,19,24H,7,11,13H2,1-3H3/b20-18-. The summed E-state index contributed by atoms with van der Waals surface area (Å²) in [6, 6.07) is 9.34. The predicted octanol–water partition coefficient (Wildman–Crippen LogP) is 3.53. The van der Waals surface area contributed by atoms with Crippen molar-refractivity contribution < 1.29 is 28.6 Å². The van der Waals surface area contributed by atoms with Gasteiger partial charge in [-0.25, -0.2) is 0 Å². The molecule has 1 atom stereocenters. The Balaban J connectivity index is 2.01. The van der Waals surface area contributed by atoms with Crippen molar-refractivity contribution in [3.05, 3.63) is 59.6 Å². The van der Waals surface area contributed by atoms with E-state index in [-0.39, 0.29) is 17.4 Å². The minimum atomic E-state index is -0.811. The number of furan rings is 1. The molecule has 2 aromatic rings. The molecule has 1 N–H and O–H groups in total. The first-order valence-corrected chi connectivity index (χ1v) is 9.52. The molecule has 1 unspecified atom stereocenters. The molecule has 1 amide bonds. The molecule has 154 valence electrons. The van der Waals surface area contributed by atoms with Crippen LogP contribution in [0.25, 0.3) is 5.76 Å². The Kier molecular flexibility index (Phi) is 6.39. The number of nitrogens with zero attached hydrogens (tertiary/aromatic N) is 1. The molecule has 1 fully saturated rings. The average molecular weight is 399 g/mol. The van der Waals surface area contributed by atoms with Crippen LogP contribution in [0.2, 0.25) is 0 Å². The number of hydrogen-bond donors (Lipinski definition) is 1. The first-order valence-electron chi connectivity index (χ1n) is 9.52. The second-order valence-electron chi connectivity index (χ2n) is 6.98. The number of ketones is 1. The summed E-state index contributed by atoms with van der Waals surface area (Å²) in [7, 11) is 1.48. The van der Waals surface area contributed by atoms with Gasteiger partial charge in [0.05, 0.1) is 30.6 Å². The van der Waals surface area contributed by atoms with E-state index in [9.17, 15) is 14.7 Å². The van der Waals surface area contributed by atoms with Crippen LogP contribution in [0.4, 0.5) is 0 Å². The van der Waals surface area contributed by atoms with Crippen LogP contribution in [0, 0.1) is 0 Å². The third-order valence-corrected chi connectivity index (χ3v) is 4.71. The van der Waals surface area contributed by atoms with Gasteiger partial charge in [-0.2, -0.15) is 0 Å². The molecule has 7 nitrogen and oxygen atoms in total. The topological polar surface area (TPSA) is 89.2 Å². The van der Waals surface area contributed by atoms with Gasteiger partial charge >= 0.3 is 0 Å². The van der Waals surface area contributed by atoms with E-state index in [2.05, 4.69) is 0 Å². The maximum Gasteiger partial charge on any atom is 0.295 e. The Labute approximate surface area is 169 Å². The molecule has 1 aliphatic rings. The summed E-state index contributed by atoms with van der Waals surface area (Å²) >= 11 is 0. The molecule has 2 heterocycles. The third-order valence-electron chi connectivity index (χ3n) is 4.71. The van der Waals surface area contributed by atoms with Gasteiger partial charge in [0.15, 0.2) is 0 Å². The molecule has 0 aliphatic carbocycles. The lowest BCUT2D eigenvalue weighted by Gasteiger charge is -2.23. The molecule has 0 saturated carbocycles. The van der Waals surface area contributed by atoms with Crippen LogP contribution in [-0.2, 0) is 14.3 Å². The lowest BCUT2D eigenvalue weighted by molar-refractivity contribution is -0.140. The fourth-order valence-corrected chi connectivity index (χ4v) is 3.39. The van der Waals surface area contributed by atoms with E-state index >= 15 is 0 Å². The van der Waals surface area contributed by atoms with Crippen molar-refractivity contribution in [3.8, 4) is 5.75 Å². The smallest absolute Gasteiger partial charge is 0.295 e. The van der Waals surface area contributed by atoms with Crippen molar-refractivity contribution in [3.63, 3.8) is 0 Å². The largest absolute Gasteiger partial charge is 0.507 e. The molecule has 7 heteroatoms. The highest BCUT2D eigenvalue weighted by Gasteiger charge is 2.47. The van der Waals surface area contributed by atoms with Crippen molar-refractivity contribution in [2.75, 3.05) is 20.3 Å². The normalized spacial score (nSPS) is 18.6.